The second-order valence-corrected chi connectivity index (χ2v) is 6.37. The fraction of sp³-hybridized carbons (Fsp3) is 0.500. The SMILES string of the molecule is Cl.NCC1CCCCN1CC(=O)Nc1cc(Cl)c(Cl)cc1Cl. The van der Waals surface area contributed by atoms with Gasteiger partial charge in [0.05, 0.1) is 27.3 Å². The summed E-state index contributed by atoms with van der Waals surface area (Å²) in [6.07, 6.45) is 3.30. The van der Waals surface area contributed by atoms with Gasteiger partial charge in [0.15, 0.2) is 0 Å². The van der Waals surface area contributed by atoms with Crippen LogP contribution in [-0.4, -0.2) is 36.5 Å². The molecule has 1 fully saturated rings. The van der Waals surface area contributed by atoms with Gasteiger partial charge in [-0.2, -0.15) is 0 Å². The first-order valence-corrected chi connectivity index (χ1v) is 8.03. The van der Waals surface area contributed by atoms with Crippen LogP contribution in [0.4, 0.5) is 5.69 Å². The molecule has 2 rings (SSSR count). The van der Waals surface area contributed by atoms with Crippen LogP contribution in [0.2, 0.25) is 15.1 Å². The highest BCUT2D eigenvalue weighted by molar-refractivity contribution is 6.44. The van der Waals surface area contributed by atoms with E-state index >= 15 is 0 Å². The molecule has 1 atom stereocenters. The third-order valence-corrected chi connectivity index (χ3v) is 4.69. The number of carbonyl (C=O) groups is 1. The van der Waals surface area contributed by atoms with Gasteiger partial charge in [0.25, 0.3) is 0 Å². The Hall–Kier alpha value is -0.230. The molecule has 0 spiro atoms. The van der Waals surface area contributed by atoms with E-state index in [0.717, 1.165) is 19.4 Å². The molecule has 22 heavy (non-hydrogen) atoms. The molecule has 4 nitrogen and oxygen atoms in total. The van der Waals surface area contributed by atoms with Gasteiger partial charge in [-0.05, 0) is 31.5 Å². The van der Waals surface area contributed by atoms with Crippen LogP contribution >= 0.6 is 47.2 Å². The molecule has 0 saturated carbocycles. The fourth-order valence-electron chi connectivity index (χ4n) is 2.53. The third-order valence-electron chi connectivity index (χ3n) is 3.65. The quantitative estimate of drug-likeness (QED) is 0.773. The van der Waals surface area contributed by atoms with Crippen LogP contribution in [0.5, 0.6) is 0 Å². The number of rotatable bonds is 4. The summed E-state index contributed by atoms with van der Waals surface area (Å²) in [5, 5.41) is 3.86. The van der Waals surface area contributed by atoms with Crippen molar-refractivity contribution in [2.45, 2.75) is 25.3 Å². The minimum atomic E-state index is -0.129. The number of nitrogens with two attached hydrogens (primary N) is 1. The predicted octanol–water partition coefficient (Wildman–Crippen LogP) is 3.82. The lowest BCUT2D eigenvalue weighted by Crippen LogP contribution is -2.47. The van der Waals surface area contributed by atoms with E-state index in [9.17, 15) is 4.79 Å². The number of piperidine rings is 1. The topological polar surface area (TPSA) is 58.4 Å². The zero-order valence-electron chi connectivity index (χ0n) is 11.9. The van der Waals surface area contributed by atoms with Crippen molar-refractivity contribution >= 4 is 58.8 Å². The highest BCUT2D eigenvalue weighted by Gasteiger charge is 2.23. The molecular weight excluding hydrogens is 368 g/mol. The fourth-order valence-corrected chi connectivity index (χ4v) is 3.12. The second-order valence-electron chi connectivity index (χ2n) is 5.15. The normalized spacial score (nSPS) is 18.6. The molecular formula is C14H19Cl4N3O. The van der Waals surface area contributed by atoms with Crippen LogP contribution in [0, 0.1) is 0 Å². The van der Waals surface area contributed by atoms with Crippen molar-refractivity contribution in [1.82, 2.24) is 4.90 Å². The molecule has 1 heterocycles. The largest absolute Gasteiger partial charge is 0.329 e. The zero-order valence-corrected chi connectivity index (χ0v) is 15.0. The standard InChI is InChI=1S/C14H18Cl3N3O.ClH/c15-10-5-12(17)13(6-11(10)16)19-14(21)8-20-4-2-1-3-9(20)7-18;/h5-6,9H,1-4,7-8,18H2,(H,19,21);1H. The highest BCUT2D eigenvalue weighted by Crippen LogP contribution is 2.32. The van der Waals surface area contributed by atoms with E-state index in [2.05, 4.69) is 10.2 Å². The Morgan fingerprint density at radius 1 is 1.23 bits per heavy atom. The third kappa shape index (κ3) is 5.15. The Morgan fingerprint density at radius 3 is 2.59 bits per heavy atom. The van der Waals surface area contributed by atoms with Gasteiger partial charge < -0.3 is 11.1 Å². The number of nitrogens with zero attached hydrogens (tertiary/aromatic N) is 1. The molecule has 1 aromatic rings. The number of likely N-dealkylation sites (tertiary alicyclic amines) is 1. The van der Waals surface area contributed by atoms with Gasteiger partial charge in [-0.1, -0.05) is 41.2 Å². The van der Waals surface area contributed by atoms with Crippen LogP contribution in [0.1, 0.15) is 19.3 Å². The van der Waals surface area contributed by atoms with Gasteiger partial charge in [0.1, 0.15) is 0 Å². The van der Waals surface area contributed by atoms with E-state index in [0.29, 0.717) is 33.8 Å². The van der Waals surface area contributed by atoms with Crippen molar-refractivity contribution in [1.29, 1.82) is 0 Å². The smallest absolute Gasteiger partial charge is 0.238 e. The van der Waals surface area contributed by atoms with Crippen LogP contribution < -0.4 is 11.1 Å². The maximum Gasteiger partial charge on any atom is 0.238 e. The van der Waals surface area contributed by atoms with Crippen molar-refractivity contribution in [3.8, 4) is 0 Å². The molecule has 0 radical (unpaired) electrons. The Bertz CT molecular complexity index is 527. The number of amides is 1. The first-order chi connectivity index (χ1) is 10.0. The number of carbonyl (C=O) groups excluding carboxylic acids is 1. The summed E-state index contributed by atoms with van der Waals surface area (Å²) in [6.45, 7) is 1.77. The van der Waals surface area contributed by atoms with Gasteiger partial charge in [-0.25, -0.2) is 0 Å². The van der Waals surface area contributed by atoms with Crippen molar-refractivity contribution in [3.05, 3.63) is 27.2 Å². The molecule has 3 N–H and O–H groups in total. The van der Waals surface area contributed by atoms with Crippen molar-refractivity contribution in [2.24, 2.45) is 5.73 Å². The van der Waals surface area contributed by atoms with E-state index in [1.807, 2.05) is 0 Å². The lowest BCUT2D eigenvalue weighted by molar-refractivity contribution is -0.118. The summed E-state index contributed by atoms with van der Waals surface area (Å²) in [6, 6.07) is 3.35. The number of hydrogen-bond donors (Lipinski definition) is 2. The molecule has 0 bridgehead atoms. The van der Waals surface area contributed by atoms with Crippen LogP contribution in [-0.2, 0) is 4.79 Å². The van der Waals surface area contributed by atoms with Crippen molar-refractivity contribution < 1.29 is 4.79 Å². The summed E-state index contributed by atoms with van der Waals surface area (Å²) >= 11 is 17.9. The maximum atomic E-state index is 12.2. The average Bonchev–Trinajstić information content (AvgIpc) is 2.45. The zero-order chi connectivity index (χ0) is 15.4. The number of benzene rings is 1. The summed E-state index contributed by atoms with van der Waals surface area (Å²) in [5.41, 5.74) is 6.23. The first kappa shape index (κ1) is 19.8. The number of anilines is 1. The molecule has 1 unspecified atom stereocenters. The number of hydrogen-bond acceptors (Lipinski definition) is 3. The lowest BCUT2D eigenvalue weighted by atomic mass is 10.0. The molecule has 1 amide bonds. The van der Waals surface area contributed by atoms with E-state index in [1.165, 1.54) is 12.5 Å². The second kappa shape index (κ2) is 9.16. The summed E-state index contributed by atoms with van der Waals surface area (Å²) in [5.74, 6) is -0.129. The van der Waals surface area contributed by atoms with Crippen LogP contribution in [0.3, 0.4) is 0 Å². The lowest BCUT2D eigenvalue weighted by Gasteiger charge is -2.34. The molecule has 1 aliphatic rings. The first-order valence-electron chi connectivity index (χ1n) is 6.89. The van der Waals surface area contributed by atoms with E-state index < -0.39 is 0 Å². The molecule has 1 aliphatic heterocycles. The monoisotopic (exact) mass is 385 g/mol. The summed E-state index contributed by atoms with van der Waals surface area (Å²) < 4.78 is 0. The van der Waals surface area contributed by atoms with Crippen molar-refractivity contribution in [2.75, 3.05) is 25.0 Å². The molecule has 0 aliphatic carbocycles. The Balaban J connectivity index is 0.00000242. The summed E-state index contributed by atoms with van der Waals surface area (Å²) in [7, 11) is 0. The van der Waals surface area contributed by atoms with E-state index in [-0.39, 0.29) is 24.4 Å². The van der Waals surface area contributed by atoms with Gasteiger partial charge in [-0.3, -0.25) is 9.69 Å². The molecule has 8 heteroatoms. The van der Waals surface area contributed by atoms with E-state index in [1.54, 1.807) is 6.07 Å². The predicted molar refractivity (Wildman–Crippen MR) is 95.6 cm³/mol. The Kier molecular flexibility index (Phi) is 8.25. The van der Waals surface area contributed by atoms with Gasteiger partial charge >= 0.3 is 0 Å². The van der Waals surface area contributed by atoms with Gasteiger partial charge in [-0.15, -0.1) is 12.4 Å². The minimum Gasteiger partial charge on any atom is -0.329 e. The average molecular weight is 387 g/mol. The molecule has 1 aromatic carbocycles. The highest BCUT2D eigenvalue weighted by atomic mass is 35.5. The van der Waals surface area contributed by atoms with Crippen molar-refractivity contribution in [3.63, 3.8) is 0 Å². The molecule has 0 aromatic heterocycles. The van der Waals surface area contributed by atoms with Crippen LogP contribution in [0.25, 0.3) is 0 Å². The number of halogens is 4. The number of nitrogens with one attached hydrogen (secondary N) is 1. The molecule has 124 valence electrons. The van der Waals surface area contributed by atoms with Crippen LogP contribution in [0.15, 0.2) is 12.1 Å². The van der Waals surface area contributed by atoms with E-state index in [4.69, 9.17) is 40.5 Å². The summed E-state index contributed by atoms with van der Waals surface area (Å²) in [4.78, 5) is 14.3. The maximum absolute atomic E-state index is 12.2. The van der Waals surface area contributed by atoms with Gasteiger partial charge in [0, 0.05) is 12.6 Å². The molecule has 1 saturated heterocycles. The Morgan fingerprint density at radius 2 is 1.91 bits per heavy atom. The minimum absolute atomic E-state index is 0. The Labute approximate surface area is 151 Å². The van der Waals surface area contributed by atoms with Gasteiger partial charge in [0.2, 0.25) is 5.91 Å².